The highest BCUT2D eigenvalue weighted by molar-refractivity contribution is 6.25. The minimum Gasteiger partial charge on any atom is -0.497 e. The molecule has 0 aromatic carbocycles. The fourth-order valence-electron chi connectivity index (χ4n) is 0.763. The highest BCUT2D eigenvalue weighted by Gasteiger charge is 2.03. The van der Waals surface area contributed by atoms with Crippen LogP contribution >= 0.6 is 11.6 Å². The summed E-state index contributed by atoms with van der Waals surface area (Å²) in [6.45, 7) is 0.846. The van der Waals surface area contributed by atoms with Crippen LogP contribution in [-0.2, 0) is 4.74 Å². The topological polar surface area (TPSA) is 9.23 Å². The van der Waals surface area contributed by atoms with Gasteiger partial charge in [-0.05, 0) is 12.8 Å². The summed E-state index contributed by atoms with van der Waals surface area (Å²) in [5.74, 6) is 0.943. The van der Waals surface area contributed by atoms with Crippen molar-refractivity contribution >= 4 is 11.6 Å². The fourth-order valence-corrected chi connectivity index (χ4v) is 0.935. The lowest BCUT2D eigenvalue weighted by Gasteiger charge is -2.13. The molecule has 0 atom stereocenters. The Labute approximate surface area is 54.3 Å². The third-order valence-corrected chi connectivity index (χ3v) is 1.47. The van der Waals surface area contributed by atoms with Crippen LogP contribution in [0, 0.1) is 0 Å². The molecule has 0 spiro atoms. The quantitative estimate of drug-likeness (QED) is 0.491. The summed E-state index contributed by atoms with van der Waals surface area (Å²) >= 11 is 5.39. The molecule has 0 amide bonds. The molecule has 0 unspecified atom stereocenters. The van der Waals surface area contributed by atoms with E-state index in [1.54, 1.807) is 0 Å². The third-order valence-electron chi connectivity index (χ3n) is 1.23. The highest BCUT2D eigenvalue weighted by atomic mass is 35.5. The van der Waals surface area contributed by atoms with Gasteiger partial charge in [0.05, 0.1) is 6.61 Å². The predicted molar refractivity (Wildman–Crippen MR) is 33.7 cm³/mol. The standard InChI is InChI=1S/C6H9ClO/c7-5-6-3-1-2-4-8-6/h5H,1-4H2/b6-5+. The third kappa shape index (κ3) is 1.41. The summed E-state index contributed by atoms with van der Waals surface area (Å²) in [6.07, 6.45) is 3.41. The number of ether oxygens (including phenoxy) is 1. The summed E-state index contributed by atoms with van der Waals surface area (Å²) in [4.78, 5) is 0. The molecule has 0 aromatic rings. The molecule has 0 radical (unpaired) electrons. The van der Waals surface area contributed by atoms with E-state index in [9.17, 15) is 0 Å². The minimum atomic E-state index is 0.846. The van der Waals surface area contributed by atoms with Crippen LogP contribution < -0.4 is 0 Å². The van der Waals surface area contributed by atoms with Gasteiger partial charge in [0.2, 0.25) is 0 Å². The lowest BCUT2D eigenvalue weighted by atomic mass is 10.2. The first-order valence-corrected chi connectivity index (χ1v) is 3.29. The first-order chi connectivity index (χ1) is 3.93. The first kappa shape index (κ1) is 5.96. The van der Waals surface area contributed by atoms with Crippen LogP contribution in [0.15, 0.2) is 11.3 Å². The zero-order valence-corrected chi connectivity index (χ0v) is 5.45. The molecule has 1 aliphatic heterocycles. The molecule has 1 saturated heterocycles. The van der Waals surface area contributed by atoms with Crippen molar-refractivity contribution in [3.8, 4) is 0 Å². The average molecular weight is 133 g/mol. The van der Waals surface area contributed by atoms with Gasteiger partial charge >= 0.3 is 0 Å². The normalized spacial score (nSPS) is 25.4. The largest absolute Gasteiger partial charge is 0.497 e. The Morgan fingerprint density at radius 3 is 2.75 bits per heavy atom. The maximum Gasteiger partial charge on any atom is 0.107 e. The van der Waals surface area contributed by atoms with E-state index in [-0.39, 0.29) is 0 Å². The van der Waals surface area contributed by atoms with Gasteiger partial charge in [0.1, 0.15) is 5.76 Å². The van der Waals surface area contributed by atoms with Crippen LogP contribution in [-0.4, -0.2) is 6.61 Å². The Hall–Kier alpha value is -0.170. The molecule has 0 aromatic heterocycles. The van der Waals surface area contributed by atoms with E-state index in [1.165, 1.54) is 18.4 Å². The van der Waals surface area contributed by atoms with Gasteiger partial charge in [-0.1, -0.05) is 11.6 Å². The Kier molecular flexibility index (Phi) is 2.22. The van der Waals surface area contributed by atoms with Crippen molar-refractivity contribution in [1.29, 1.82) is 0 Å². The maximum atomic E-state index is 5.39. The molecule has 1 rings (SSSR count). The number of halogens is 1. The van der Waals surface area contributed by atoms with Crippen LogP contribution in [0.4, 0.5) is 0 Å². The molecular weight excluding hydrogens is 124 g/mol. The monoisotopic (exact) mass is 132 g/mol. The molecule has 46 valence electrons. The van der Waals surface area contributed by atoms with Crippen LogP contribution in [0.2, 0.25) is 0 Å². The lowest BCUT2D eigenvalue weighted by Crippen LogP contribution is -2.01. The molecule has 1 aliphatic rings. The molecule has 8 heavy (non-hydrogen) atoms. The molecular formula is C6H9ClO. The molecule has 0 aliphatic carbocycles. The minimum absolute atomic E-state index is 0.846. The molecule has 0 saturated carbocycles. The second-order valence-corrected chi connectivity index (χ2v) is 2.10. The second-order valence-electron chi connectivity index (χ2n) is 1.88. The van der Waals surface area contributed by atoms with Crippen molar-refractivity contribution in [2.75, 3.05) is 6.61 Å². The number of hydrogen-bond donors (Lipinski definition) is 0. The van der Waals surface area contributed by atoms with E-state index < -0.39 is 0 Å². The van der Waals surface area contributed by atoms with Gasteiger partial charge in [0.15, 0.2) is 0 Å². The zero-order valence-electron chi connectivity index (χ0n) is 4.69. The second kappa shape index (κ2) is 2.98. The average Bonchev–Trinajstić information content (AvgIpc) is 1.90. The molecule has 0 bridgehead atoms. The Morgan fingerprint density at radius 2 is 2.38 bits per heavy atom. The van der Waals surface area contributed by atoms with Crippen molar-refractivity contribution in [2.24, 2.45) is 0 Å². The van der Waals surface area contributed by atoms with E-state index in [4.69, 9.17) is 16.3 Å². The van der Waals surface area contributed by atoms with Gasteiger partial charge < -0.3 is 4.74 Å². The number of rotatable bonds is 0. The van der Waals surface area contributed by atoms with Gasteiger partial charge in [0.25, 0.3) is 0 Å². The summed E-state index contributed by atoms with van der Waals surface area (Å²) in [5, 5.41) is 0. The van der Waals surface area contributed by atoms with Crippen LogP contribution in [0.3, 0.4) is 0 Å². The van der Waals surface area contributed by atoms with E-state index >= 15 is 0 Å². The Morgan fingerprint density at radius 1 is 1.50 bits per heavy atom. The van der Waals surface area contributed by atoms with Crippen molar-refractivity contribution in [3.63, 3.8) is 0 Å². The van der Waals surface area contributed by atoms with Crippen molar-refractivity contribution in [2.45, 2.75) is 19.3 Å². The van der Waals surface area contributed by atoms with Crippen molar-refractivity contribution < 1.29 is 4.74 Å². The Bertz CT molecular complexity index is 90.7. The zero-order chi connectivity index (χ0) is 5.82. The van der Waals surface area contributed by atoms with Gasteiger partial charge in [0, 0.05) is 12.0 Å². The highest BCUT2D eigenvalue weighted by Crippen LogP contribution is 2.15. The molecule has 1 heterocycles. The van der Waals surface area contributed by atoms with Crippen molar-refractivity contribution in [3.05, 3.63) is 11.3 Å². The van der Waals surface area contributed by atoms with E-state index in [2.05, 4.69) is 0 Å². The van der Waals surface area contributed by atoms with E-state index in [0.717, 1.165) is 18.8 Å². The molecule has 2 heteroatoms. The lowest BCUT2D eigenvalue weighted by molar-refractivity contribution is 0.167. The van der Waals surface area contributed by atoms with Gasteiger partial charge in [-0.15, -0.1) is 0 Å². The van der Waals surface area contributed by atoms with Gasteiger partial charge in [-0.2, -0.15) is 0 Å². The van der Waals surface area contributed by atoms with Crippen LogP contribution in [0.25, 0.3) is 0 Å². The SMILES string of the molecule is Cl/C=C1\CCCCO1. The van der Waals surface area contributed by atoms with Crippen molar-refractivity contribution in [1.82, 2.24) is 0 Å². The van der Waals surface area contributed by atoms with Gasteiger partial charge in [-0.3, -0.25) is 0 Å². The fraction of sp³-hybridized carbons (Fsp3) is 0.667. The summed E-state index contributed by atoms with van der Waals surface area (Å²) in [5.41, 5.74) is 1.53. The van der Waals surface area contributed by atoms with Crippen LogP contribution in [0.5, 0.6) is 0 Å². The molecule has 1 nitrogen and oxygen atoms in total. The van der Waals surface area contributed by atoms with E-state index in [0.29, 0.717) is 0 Å². The molecule has 1 fully saturated rings. The smallest absolute Gasteiger partial charge is 0.107 e. The summed E-state index contributed by atoms with van der Waals surface area (Å²) in [6, 6.07) is 0. The van der Waals surface area contributed by atoms with Gasteiger partial charge in [-0.25, -0.2) is 0 Å². The maximum absolute atomic E-state index is 5.39. The first-order valence-electron chi connectivity index (χ1n) is 2.85. The summed E-state index contributed by atoms with van der Waals surface area (Å²) in [7, 11) is 0. The Balaban J connectivity index is 2.33. The predicted octanol–water partition coefficient (Wildman–Crippen LogP) is 2.27. The summed E-state index contributed by atoms with van der Waals surface area (Å²) < 4.78 is 5.16. The number of hydrogen-bond acceptors (Lipinski definition) is 1. The van der Waals surface area contributed by atoms with Crippen LogP contribution in [0.1, 0.15) is 19.3 Å². The molecule has 0 N–H and O–H groups in total. The van der Waals surface area contributed by atoms with E-state index in [1.807, 2.05) is 0 Å². The number of allylic oxidation sites excluding steroid dienone is 1.